The molecule has 0 saturated heterocycles. The second kappa shape index (κ2) is 4.03. The molecule has 1 aromatic carbocycles. The normalized spacial score (nSPS) is 11.2. The van der Waals surface area contributed by atoms with Gasteiger partial charge in [0, 0.05) is 29.4 Å². The molecule has 2 N–H and O–H groups in total. The van der Waals surface area contributed by atoms with Gasteiger partial charge < -0.3 is 5.73 Å². The van der Waals surface area contributed by atoms with Crippen molar-refractivity contribution in [1.82, 2.24) is 19.5 Å². The van der Waals surface area contributed by atoms with Gasteiger partial charge in [-0.25, -0.2) is 9.97 Å². The second-order valence-electron chi connectivity index (χ2n) is 4.53. The van der Waals surface area contributed by atoms with Crippen LogP contribution in [0.1, 0.15) is 0 Å². The number of pyridine rings is 2. The van der Waals surface area contributed by atoms with Crippen LogP contribution in [-0.4, -0.2) is 19.5 Å². The van der Waals surface area contributed by atoms with Crippen LogP contribution in [0, 0.1) is 0 Å². The lowest BCUT2D eigenvalue weighted by Crippen LogP contribution is -2.02. The Balaban J connectivity index is 2.14. The van der Waals surface area contributed by atoms with Crippen molar-refractivity contribution in [1.29, 1.82) is 0 Å². The number of nitrogens with two attached hydrogens (primary N) is 1. The third-order valence-electron chi connectivity index (χ3n) is 3.34. The summed E-state index contributed by atoms with van der Waals surface area (Å²) in [6.45, 7) is 0. The van der Waals surface area contributed by atoms with Gasteiger partial charge in [-0.3, -0.25) is 9.55 Å². The standard InChI is InChI=1S/C15H11N5/c16-15-19-12-4-2-7-18-14(12)20(15)13-5-1-3-10-9-17-8-6-11(10)13/h1-9H,(H2,16,19). The minimum absolute atomic E-state index is 0.433. The zero-order valence-electron chi connectivity index (χ0n) is 10.6. The molecule has 0 fully saturated rings. The molecule has 20 heavy (non-hydrogen) atoms. The van der Waals surface area contributed by atoms with Crippen LogP contribution < -0.4 is 5.73 Å². The molecule has 0 radical (unpaired) electrons. The van der Waals surface area contributed by atoms with Gasteiger partial charge in [0.15, 0.2) is 5.65 Å². The first-order valence-electron chi connectivity index (χ1n) is 6.26. The Morgan fingerprint density at radius 3 is 2.90 bits per heavy atom. The topological polar surface area (TPSA) is 69.6 Å². The van der Waals surface area contributed by atoms with E-state index in [-0.39, 0.29) is 0 Å². The summed E-state index contributed by atoms with van der Waals surface area (Å²) in [5.41, 5.74) is 8.58. The lowest BCUT2D eigenvalue weighted by atomic mass is 10.1. The first-order valence-corrected chi connectivity index (χ1v) is 6.26. The molecule has 0 atom stereocenters. The predicted octanol–water partition coefficient (Wildman–Crippen LogP) is 2.55. The average molecular weight is 261 g/mol. The molecule has 0 unspecified atom stereocenters. The van der Waals surface area contributed by atoms with Gasteiger partial charge in [-0.1, -0.05) is 12.1 Å². The number of hydrogen-bond donors (Lipinski definition) is 1. The smallest absolute Gasteiger partial charge is 0.207 e. The molecule has 0 spiro atoms. The lowest BCUT2D eigenvalue weighted by Gasteiger charge is -2.09. The van der Waals surface area contributed by atoms with Crippen LogP contribution in [0.4, 0.5) is 5.95 Å². The zero-order chi connectivity index (χ0) is 13.5. The summed E-state index contributed by atoms with van der Waals surface area (Å²) < 4.78 is 1.87. The molecule has 4 aromatic rings. The van der Waals surface area contributed by atoms with Crippen molar-refractivity contribution in [2.24, 2.45) is 0 Å². The maximum atomic E-state index is 6.07. The molecular weight excluding hydrogens is 250 g/mol. The fraction of sp³-hybridized carbons (Fsp3) is 0. The van der Waals surface area contributed by atoms with E-state index in [0.29, 0.717) is 5.95 Å². The molecule has 0 saturated carbocycles. The quantitative estimate of drug-likeness (QED) is 0.571. The van der Waals surface area contributed by atoms with E-state index in [9.17, 15) is 0 Å². The average Bonchev–Trinajstić information content (AvgIpc) is 2.82. The van der Waals surface area contributed by atoms with E-state index < -0.39 is 0 Å². The number of aromatic nitrogens is 4. The summed E-state index contributed by atoms with van der Waals surface area (Å²) >= 11 is 0. The monoisotopic (exact) mass is 261 g/mol. The minimum atomic E-state index is 0.433. The molecule has 5 heteroatoms. The SMILES string of the molecule is Nc1nc2cccnc2n1-c1cccc2cnccc12. The maximum Gasteiger partial charge on any atom is 0.207 e. The van der Waals surface area contributed by atoms with Crippen molar-refractivity contribution in [3.63, 3.8) is 0 Å². The van der Waals surface area contributed by atoms with Gasteiger partial charge in [-0.05, 0) is 24.3 Å². The highest BCUT2D eigenvalue weighted by Crippen LogP contribution is 2.27. The van der Waals surface area contributed by atoms with Crippen LogP contribution in [-0.2, 0) is 0 Å². The van der Waals surface area contributed by atoms with E-state index in [2.05, 4.69) is 15.0 Å². The third-order valence-corrected chi connectivity index (χ3v) is 3.34. The fourth-order valence-corrected chi connectivity index (χ4v) is 2.47. The van der Waals surface area contributed by atoms with E-state index in [1.165, 1.54) is 0 Å². The molecular formula is C15H11N5. The third kappa shape index (κ3) is 1.46. The zero-order valence-corrected chi connectivity index (χ0v) is 10.6. The van der Waals surface area contributed by atoms with Gasteiger partial charge in [-0.2, -0.15) is 0 Å². The molecule has 3 heterocycles. The van der Waals surface area contributed by atoms with E-state index >= 15 is 0 Å². The maximum absolute atomic E-state index is 6.07. The molecule has 3 aromatic heterocycles. The number of hydrogen-bond acceptors (Lipinski definition) is 4. The first-order chi connectivity index (χ1) is 9.84. The van der Waals surface area contributed by atoms with Crippen LogP contribution in [0.5, 0.6) is 0 Å². The Morgan fingerprint density at radius 1 is 1.00 bits per heavy atom. The van der Waals surface area contributed by atoms with Crippen LogP contribution in [0.3, 0.4) is 0 Å². The van der Waals surface area contributed by atoms with Crippen molar-refractivity contribution < 1.29 is 0 Å². The Hall–Kier alpha value is -2.95. The van der Waals surface area contributed by atoms with Crippen molar-refractivity contribution >= 4 is 27.9 Å². The number of nitrogen functional groups attached to an aromatic ring is 1. The Bertz CT molecular complexity index is 921. The molecule has 5 nitrogen and oxygen atoms in total. The summed E-state index contributed by atoms with van der Waals surface area (Å²) in [6, 6.07) is 11.7. The van der Waals surface area contributed by atoms with E-state index in [1.807, 2.05) is 47.2 Å². The van der Waals surface area contributed by atoms with Crippen molar-refractivity contribution in [3.8, 4) is 5.69 Å². The molecule has 4 rings (SSSR count). The number of imidazole rings is 1. The Kier molecular flexibility index (Phi) is 2.20. The number of nitrogens with zero attached hydrogens (tertiary/aromatic N) is 4. The van der Waals surface area contributed by atoms with Crippen LogP contribution >= 0.6 is 0 Å². The van der Waals surface area contributed by atoms with Crippen molar-refractivity contribution in [2.45, 2.75) is 0 Å². The predicted molar refractivity (Wildman–Crippen MR) is 78.6 cm³/mol. The van der Waals surface area contributed by atoms with Gasteiger partial charge in [0.05, 0.1) is 5.69 Å². The highest BCUT2D eigenvalue weighted by atomic mass is 15.2. The van der Waals surface area contributed by atoms with E-state index in [1.54, 1.807) is 12.4 Å². The number of anilines is 1. The first kappa shape index (κ1) is 10.9. The minimum Gasteiger partial charge on any atom is -0.369 e. The summed E-state index contributed by atoms with van der Waals surface area (Å²) in [4.78, 5) is 12.9. The number of rotatable bonds is 1. The number of fused-ring (bicyclic) bond motifs is 2. The largest absolute Gasteiger partial charge is 0.369 e. The van der Waals surface area contributed by atoms with Gasteiger partial charge in [-0.15, -0.1) is 0 Å². The molecule has 96 valence electrons. The number of benzene rings is 1. The van der Waals surface area contributed by atoms with Gasteiger partial charge in [0.1, 0.15) is 5.52 Å². The van der Waals surface area contributed by atoms with Gasteiger partial charge >= 0.3 is 0 Å². The fourth-order valence-electron chi connectivity index (χ4n) is 2.47. The lowest BCUT2D eigenvalue weighted by molar-refractivity contribution is 1.09. The van der Waals surface area contributed by atoms with Crippen molar-refractivity contribution in [3.05, 3.63) is 55.0 Å². The van der Waals surface area contributed by atoms with Crippen LogP contribution in [0.15, 0.2) is 55.0 Å². The summed E-state index contributed by atoms with van der Waals surface area (Å²) in [5, 5.41) is 2.13. The summed E-state index contributed by atoms with van der Waals surface area (Å²) in [6.07, 6.45) is 5.35. The van der Waals surface area contributed by atoms with Gasteiger partial charge in [0.25, 0.3) is 0 Å². The molecule has 0 aliphatic carbocycles. The second-order valence-corrected chi connectivity index (χ2v) is 4.53. The van der Waals surface area contributed by atoms with E-state index in [4.69, 9.17) is 5.73 Å². The summed E-state index contributed by atoms with van der Waals surface area (Å²) in [7, 11) is 0. The Morgan fingerprint density at radius 2 is 1.95 bits per heavy atom. The highest BCUT2D eigenvalue weighted by Gasteiger charge is 2.12. The molecule has 0 aliphatic heterocycles. The molecule has 0 amide bonds. The Labute approximate surface area is 114 Å². The molecule has 0 bridgehead atoms. The van der Waals surface area contributed by atoms with Crippen LogP contribution in [0.25, 0.3) is 27.6 Å². The summed E-state index contributed by atoms with van der Waals surface area (Å²) in [5.74, 6) is 0.433. The van der Waals surface area contributed by atoms with E-state index in [0.717, 1.165) is 27.6 Å². The van der Waals surface area contributed by atoms with Gasteiger partial charge in [0.2, 0.25) is 5.95 Å². The highest BCUT2D eigenvalue weighted by molar-refractivity contribution is 5.92. The van der Waals surface area contributed by atoms with Crippen molar-refractivity contribution in [2.75, 3.05) is 5.73 Å². The molecule has 0 aliphatic rings. The van der Waals surface area contributed by atoms with Crippen LogP contribution in [0.2, 0.25) is 0 Å².